The van der Waals surface area contributed by atoms with Gasteiger partial charge in [-0.3, -0.25) is 4.79 Å². The van der Waals surface area contributed by atoms with Crippen LogP contribution in [0.2, 0.25) is 0 Å². The minimum absolute atomic E-state index is 0.0535. The Labute approximate surface area is 111 Å². The van der Waals surface area contributed by atoms with Crippen molar-refractivity contribution in [1.82, 2.24) is 4.90 Å². The van der Waals surface area contributed by atoms with E-state index in [0.29, 0.717) is 12.1 Å². The second-order valence-corrected chi connectivity index (χ2v) is 5.33. The Kier molecular flexibility index (Phi) is 5.15. The average Bonchev–Trinajstić information content (AvgIpc) is 2.24. The summed E-state index contributed by atoms with van der Waals surface area (Å²) >= 11 is 3.35. The predicted octanol–water partition coefficient (Wildman–Crippen LogP) is 2.68. The number of halogens is 1. The van der Waals surface area contributed by atoms with Crippen LogP contribution in [-0.4, -0.2) is 34.6 Å². The number of rotatable bonds is 4. The third kappa shape index (κ3) is 4.13. The Balaban J connectivity index is 2.92. The Morgan fingerprint density at radius 2 is 2.06 bits per heavy atom. The van der Waals surface area contributed by atoms with Gasteiger partial charge in [-0.15, -0.1) is 0 Å². The van der Waals surface area contributed by atoms with Gasteiger partial charge in [-0.2, -0.15) is 0 Å². The second-order valence-electron chi connectivity index (χ2n) is 4.41. The van der Waals surface area contributed by atoms with Crippen molar-refractivity contribution in [3.63, 3.8) is 0 Å². The van der Waals surface area contributed by atoms with Crippen LogP contribution in [0.1, 0.15) is 31.1 Å². The lowest BCUT2D eigenvalue weighted by Crippen LogP contribution is -2.41. The van der Waals surface area contributed by atoms with Gasteiger partial charge in [0.25, 0.3) is 5.91 Å². The first-order valence-corrected chi connectivity index (χ1v) is 6.45. The summed E-state index contributed by atoms with van der Waals surface area (Å²) in [4.78, 5) is 13.9. The molecule has 0 fully saturated rings. The Morgan fingerprint density at radius 1 is 1.41 bits per heavy atom. The van der Waals surface area contributed by atoms with Crippen molar-refractivity contribution in [3.05, 3.63) is 34.3 Å². The summed E-state index contributed by atoms with van der Waals surface area (Å²) in [6, 6.07) is 7.35. The van der Waals surface area contributed by atoms with E-state index in [2.05, 4.69) is 15.9 Å². The van der Waals surface area contributed by atoms with Gasteiger partial charge in [0, 0.05) is 22.6 Å². The van der Waals surface area contributed by atoms with Gasteiger partial charge in [0.1, 0.15) is 0 Å². The smallest absolute Gasteiger partial charge is 0.254 e. The van der Waals surface area contributed by atoms with E-state index >= 15 is 0 Å². The minimum Gasteiger partial charge on any atom is -0.392 e. The molecule has 0 aliphatic carbocycles. The maximum Gasteiger partial charge on any atom is 0.254 e. The molecule has 3 nitrogen and oxygen atoms in total. The standard InChI is InChI=1S/C13H18BrNO2/c1-9(2)15(8-10(3)16)13(17)11-5-4-6-12(14)7-11/h4-7,9-10,16H,8H2,1-3H3. The number of benzene rings is 1. The summed E-state index contributed by atoms with van der Waals surface area (Å²) in [6.45, 7) is 5.92. The highest BCUT2D eigenvalue weighted by molar-refractivity contribution is 9.10. The monoisotopic (exact) mass is 299 g/mol. The van der Waals surface area contributed by atoms with Crippen LogP contribution in [0.25, 0.3) is 0 Å². The normalized spacial score (nSPS) is 12.6. The molecule has 1 amide bonds. The van der Waals surface area contributed by atoms with E-state index in [4.69, 9.17) is 0 Å². The molecule has 0 radical (unpaired) electrons. The van der Waals surface area contributed by atoms with Gasteiger partial charge in [-0.05, 0) is 39.0 Å². The number of nitrogens with zero attached hydrogens (tertiary/aromatic N) is 1. The molecule has 1 aromatic rings. The molecule has 1 atom stereocenters. The van der Waals surface area contributed by atoms with E-state index in [-0.39, 0.29) is 11.9 Å². The van der Waals surface area contributed by atoms with Gasteiger partial charge in [0.15, 0.2) is 0 Å². The first-order valence-electron chi connectivity index (χ1n) is 5.66. The van der Waals surface area contributed by atoms with Crippen molar-refractivity contribution in [2.24, 2.45) is 0 Å². The fourth-order valence-electron chi connectivity index (χ4n) is 1.60. The molecule has 1 rings (SSSR count). The van der Waals surface area contributed by atoms with Gasteiger partial charge < -0.3 is 10.0 Å². The summed E-state index contributed by atoms with van der Waals surface area (Å²) < 4.78 is 0.879. The molecule has 0 saturated heterocycles. The molecule has 0 heterocycles. The van der Waals surface area contributed by atoms with E-state index in [9.17, 15) is 9.90 Å². The third-order valence-corrected chi connectivity index (χ3v) is 2.91. The maximum absolute atomic E-state index is 12.3. The van der Waals surface area contributed by atoms with Crippen LogP contribution in [0, 0.1) is 0 Å². The average molecular weight is 300 g/mol. The largest absolute Gasteiger partial charge is 0.392 e. The lowest BCUT2D eigenvalue weighted by Gasteiger charge is -2.28. The SMILES string of the molecule is CC(O)CN(C(=O)c1cccc(Br)c1)C(C)C. The van der Waals surface area contributed by atoms with Crippen molar-refractivity contribution >= 4 is 21.8 Å². The Hall–Kier alpha value is -0.870. The molecule has 1 aromatic carbocycles. The van der Waals surface area contributed by atoms with Crippen LogP contribution < -0.4 is 0 Å². The molecule has 0 aromatic heterocycles. The lowest BCUT2D eigenvalue weighted by molar-refractivity contribution is 0.0578. The summed E-state index contributed by atoms with van der Waals surface area (Å²) in [5.74, 6) is -0.0535. The summed E-state index contributed by atoms with van der Waals surface area (Å²) in [7, 11) is 0. The minimum atomic E-state index is -0.520. The van der Waals surface area contributed by atoms with E-state index in [1.807, 2.05) is 26.0 Å². The van der Waals surface area contributed by atoms with Crippen molar-refractivity contribution in [3.8, 4) is 0 Å². The molecule has 17 heavy (non-hydrogen) atoms. The van der Waals surface area contributed by atoms with Crippen LogP contribution in [0.15, 0.2) is 28.7 Å². The Morgan fingerprint density at radius 3 is 2.53 bits per heavy atom. The van der Waals surface area contributed by atoms with Gasteiger partial charge in [0.2, 0.25) is 0 Å². The molecule has 4 heteroatoms. The lowest BCUT2D eigenvalue weighted by atomic mass is 10.1. The Bertz CT molecular complexity index is 391. The summed E-state index contributed by atoms with van der Waals surface area (Å²) in [5, 5.41) is 9.42. The van der Waals surface area contributed by atoms with E-state index in [1.54, 1.807) is 24.0 Å². The molecule has 0 aliphatic rings. The van der Waals surface area contributed by atoms with Crippen molar-refractivity contribution in [1.29, 1.82) is 0 Å². The van der Waals surface area contributed by atoms with Crippen molar-refractivity contribution in [2.75, 3.05) is 6.54 Å². The van der Waals surface area contributed by atoms with Gasteiger partial charge in [0.05, 0.1) is 6.10 Å². The zero-order valence-electron chi connectivity index (χ0n) is 10.4. The molecule has 1 N–H and O–H groups in total. The zero-order valence-corrected chi connectivity index (χ0v) is 11.9. The molecule has 94 valence electrons. The molecule has 0 saturated carbocycles. The zero-order chi connectivity index (χ0) is 13.0. The molecule has 0 bridgehead atoms. The van der Waals surface area contributed by atoms with Crippen molar-refractivity contribution in [2.45, 2.75) is 32.9 Å². The quantitative estimate of drug-likeness (QED) is 0.928. The number of aliphatic hydroxyl groups is 1. The molecule has 0 aliphatic heterocycles. The molecular weight excluding hydrogens is 282 g/mol. The van der Waals surface area contributed by atoms with Crippen LogP contribution in [0.4, 0.5) is 0 Å². The van der Waals surface area contributed by atoms with E-state index in [1.165, 1.54) is 0 Å². The van der Waals surface area contributed by atoms with E-state index in [0.717, 1.165) is 4.47 Å². The molecule has 1 unspecified atom stereocenters. The van der Waals surface area contributed by atoms with Gasteiger partial charge in [-0.1, -0.05) is 22.0 Å². The van der Waals surface area contributed by atoms with E-state index < -0.39 is 6.10 Å². The first kappa shape index (κ1) is 14.2. The number of amides is 1. The highest BCUT2D eigenvalue weighted by atomic mass is 79.9. The number of hydrogen-bond acceptors (Lipinski definition) is 2. The number of hydrogen-bond donors (Lipinski definition) is 1. The predicted molar refractivity (Wildman–Crippen MR) is 72.0 cm³/mol. The summed E-state index contributed by atoms with van der Waals surface area (Å²) in [5.41, 5.74) is 0.633. The van der Waals surface area contributed by atoms with Crippen LogP contribution >= 0.6 is 15.9 Å². The molecular formula is C13H18BrNO2. The number of aliphatic hydroxyl groups excluding tert-OH is 1. The highest BCUT2D eigenvalue weighted by Gasteiger charge is 2.20. The first-order chi connectivity index (χ1) is 7.91. The van der Waals surface area contributed by atoms with Crippen molar-refractivity contribution < 1.29 is 9.90 Å². The van der Waals surface area contributed by atoms with Gasteiger partial charge >= 0.3 is 0 Å². The van der Waals surface area contributed by atoms with Crippen LogP contribution in [0.5, 0.6) is 0 Å². The third-order valence-electron chi connectivity index (χ3n) is 2.42. The number of carbonyl (C=O) groups excluding carboxylic acids is 1. The highest BCUT2D eigenvalue weighted by Crippen LogP contribution is 2.15. The summed E-state index contributed by atoms with van der Waals surface area (Å²) in [6.07, 6.45) is -0.520. The topological polar surface area (TPSA) is 40.5 Å². The molecule has 0 spiro atoms. The van der Waals surface area contributed by atoms with Crippen LogP contribution in [0.3, 0.4) is 0 Å². The fourth-order valence-corrected chi connectivity index (χ4v) is 2.00. The van der Waals surface area contributed by atoms with Gasteiger partial charge in [-0.25, -0.2) is 0 Å². The van der Waals surface area contributed by atoms with Crippen LogP contribution in [-0.2, 0) is 0 Å². The second kappa shape index (κ2) is 6.17. The number of carbonyl (C=O) groups is 1. The fraction of sp³-hybridized carbons (Fsp3) is 0.462. The maximum atomic E-state index is 12.3.